The third-order valence-electron chi connectivity index (χ3n) is 3.15. The highest BCUT2D eigenvalue weighted by Gasteiger charge is 2.08. The summed E-state index contributed by atoms with van der Waals surface area (Å²) in [5, 5.41) is 0. The molecule has 0 saturated carbocycles. The summed E-state index contributed by atoms with van der Waals surface area (Å²) in [7, 11) is 3.51. The van der Waals surface area contributed by atoms with Gasteiger partial charge in [-0.25, -0.2) is 4.79 Å². The SMILES string of the molecule is CCC(C)N(C)Cc1ccc(C(=O)OC)cc1. The average molecular weight is 235 g/mol. The minimum atomic E-state index is -0.285. The van der Waals surface area contributed by atoms with E-state index in [0.29, 0.717) is 11.6 Å². The second-order valence-corrected chi connectivity index (χ2v) is 4.36. The van der Waals surface area contributed by atoms with Gasteiger partial charge in [-0.1, -0.05) is 19.1 Å². The molecule has 1 rings (SSSR count). The molecule has 3 nitrogen and oxygen atoms in total. The Labute approximate surface area is 103 Å². The van der Waals surface area contributed by atoms with Crippen molar-refractivity contribution in [2.24, 2.45) is 0 Å². The topological polar surface area (TPSA) is 29.5 Å². The van der Waals surface area contributed by atoms with Crippen LogP contribution in [0.1, 0.15) is 36.2 Å². The first kappa shape index (κ1) is 13.7. The van der Waals surface area contributed by atoms with Crippen LogP contribution in [-0.2, 0) is 11.3 Å². The Balaban J connectivity index is 2.65. The molecule has 1 aromatic rings. The van der Waals surface area contributed by atoms with Gasteiger partial charge in [-0.2, -0.15) is 0 Å². The van der Waals surface area contributed by atoms with E-state index in [0.717, 1.165) is 13.0 Å². The molecule has 0 aliphatic heterocycles. The number of benzene rings is 1. The highest BCUT2D eigenvalue weighted by molar-refractivity contribution is 5.89. The van der Waals surface area contributed by atoms with Gasteiger partial charge in [0.2, 0.25) is 0 Å². The van der Waals surface area contributed by atoms with Crippen LogP contribution in [0.4, 0.5) is 0 Å². The quantitative estimate of drug-likeness (QED) is 0.735. The van der Waals surface area contributed by atoms with Crippen molar-refractivity contribution < 1.29 is 9.53 Å². The van der Waals surface area contributed by atoms with E-state index in [1.54, 1.807) is 0 Å². The van der Waals surface area contributed by atoms with E-state index in [-0.39, 0.29) is 5.97 Å². The lowest BCUT2D eigenvalue weighted by Crippen LogP contribution is -2.27. The zero-order valence-electron chi connectivity index (χ0n) is 11.1. The van der Waals surface area contributed by atoms with Crippen molar-refractivity contribution in [3.63, 3.8) is 0 Å². The van der Waals surface area contributed by atoms with Crippen LogP contribution in [0, 0.1) is 0 Å². The lowest BCUT2D eigenvalue weighted by atomic mass is 10.1. The number of ether oxygens (including phenoxy) is 1. The van der Waals surface area contributed by atoms with Gasteiger partial charge in [0, 0.05) is 12.6 Å². The zero-order chi connectivity index (χ0) is 12.8. The number of carbonyl (C=O) groups excluding carboxylic acids is 1. The van der Waals surface area contributed by atoms with Gasteiger partial charge in [0.1, 0.15) is 0 Å². The van der Waals surface area contributed by atoms with Crippen molar-refractivity contribution in [3.8, 4) is 0 Å². The van der Waals surface area contributed by atoms with Gasteiger partial charge >= 0.3 is 5.97 Å². The Kier molecular flexibility index (Phi) is 5.16. The second kappa shape index (κ2) is 6.40. The minimum absolute atomic E-state index is 0.285. The standard InChI is InChI=1S/C14H21NO2/c1-5-11(2)15(3)10-12-6-8-13(9-7-12)14(16)17-4/h6-9,11H,5,10H2,1-4H3. The molecule has 0 aliphatic carbocycles. The van der Waals surface area contributed by atoms with E-state index in [4.69, 9.17) is 0 Å². The van der Waals surface area contributed by atoms with Crippen molar-refractivity contribution in [1.82, 2.24) is 4.90 Å². The summed E-state index contributed by atoms with van der Waals surface area (Å²) in [6.45, 7) is 5.29. The van der Waals surface area contributed by atoms with Crippen molar-refractivity contribution in [2.45, 2.75) is 32.9 Å². The zero-order valence-corrected chi connectivity index (χ0v) is 11.1. The molecule has 0 aromatic heterocycles. The van der Waals surface area contributed by atoms with Crippen molar-refractivity contribution in [1.29, 1.82) is 0 Å². The predicted molar refractivity (Wildman–Crippen MR) is 69.0 cm³/mol. The summed E-state index contributed by atoms with van der Waals surface area (Å²) >= 11 is 0. The Morgan fingerprint density at radius 3 is 2.41 bits per heavy atom. The summed E-state index contributed by atoms with van der Waals surface area (Å²) in [6, 6.07) is 8.14. The maximum Gasteiger partial charge on any atom is 0.337 e. The largest absolute Gasteiger partial charge is 0.465 e. The van der Waals surface area contributed by atoms with Crippen LogP contribution < -0.4 is 0 Å². The molecule has 0 saturated heterocycles. The highest BCUT2D eigenvalue weighted by atomic mass is 16.5. The molecule has 0 heterocycles. The summed E-state index contributed by atoms with van der Waals surface area (Å²) in [4.78, 5) is 13.6. The molecule has 0 amide bonds. The van der Waals surface area contributed by atoms with Crippen molar-refractivity contribution >= 4 is 5.97 Å². The van der Waals surface area contributed by atoms with Crippen LogP contribution in [0.25, 0.3) is 0 Å². The molecule has 0 fully saturated rings. The van der Waals surface area contributed by atoms with Crippen LogP contribution in [-0.4, -0.2) is 31.1 Å². The maximum absolute atomic E-state index is 11.3. The average Bonchev–Trinajstić information content (AvgIpc) is 2.37. The predicted octanol–water partition coefficient (Wildman–Crippen LogP) is 2.70. The smallest absolute Gasteiger partial charge is 0.337 e. The van der Waals surface area contributed by atoms with E-state index in [9.17, 15) is 4.79 Å². The van der Waals surface area contributed by atoms with Crippen LogP contribution in [0.2, 0.25) is 0 Å². The van der Waals surface area contributed by atoms with Gasteiger partial charge in [0.15, 0.2) is 0 Å². The number of carbonyl (C=O) groups is 1. The molecule has 17 heavy (non-hydrogen) atoms. The molecule has 94 valence electrons. The fourth-order valence-corrected chi connectivity index (χ4v) is 1.62. The first-order chi connectivity index (χ1) is 8.08. The minimum Gasteiger partial charge on any atom is -0.465 e. The molecule has 0 spiro atoms. The van der Waals surface area contributed by atoms with E-state index in [2.05, 4.69) is 30.5 Å². The lowest BCUT2D eigenvalue weighted by Gasteiger charge is -2.23. The highest BCUT2D eigenvalue weighted by Crippen LogP contribution is 2.10. The number of nitrogens with zero attached hydrogens (tertiary/aromatic N) is 1. The Morgan fingerprint density at radius 2 is 1.94 bits per heavy atom. The number of rotatable bonds is 5. The summed E-state index contributed by atoms with van der Waals surface area (Å²) in [5.74, 6) is -0.285. The molecule has 0 radical (unpaired) electrons. The Bertz CT molecular complexity index is 359. The molecule has 1 unspecified atom stereocenters. The summed E-state index contributed by atoms with van der Waals surface area (Å²) < 4.78 is 4.66. The van der Waals surface area contributed by atoms with Crippen molar-refractivity contribution in [3.05, 3.63) is 35.4 Å². The third kappa shape index (κ3) is 3.86. The normalized spacial score (nSPS) is 12.5. The molecule has 0 aliphatic rings. The number of hydrogen-bond donors (Lipinski definition) is 0. The van der Waals surface area contributed by atoms with Gasteiger partial charge in [0.05, 0.1) is 12.7 Å². The van der Waals surface area contributed by atoms with Crippen LogP contribution >= 0.6 is 0 Å². The molecule has 1 atom stereocenters. The van der Waals surface area contributed by atoms with Crippen molar-refractivity contribution in [2.75, 3.05) is 14.2 Å². The van der Waals surface area contributed by atoms with E-state index in [1.165, 1.54) is 12.7 Å². The number of esters is 1. The third-order valence-corrected chi connectivity index (χ3v) is 3.15. The van der Waals surface area contributed by atoms with Gasteiger partial charge in [-0.15, -0.1) is 0 Å². The summed E-state index contributed by atoms with van der Waals surface area (Å²) in [5.41, 5.74) is 1.81. The monoisotopic (exact) mass is 235 g/mol. The second-order valence-electron chi connectivity index (χ2n) is 4.36. The first-order valence-electron chi connectivity index (χ1n) is 5.96. The molecule has 0 N–H and O–H groups in total. The van der Waals surface area contributed by atoms with Gasteiger partial charge in [0.25, 0.3) is 0 Å². The molecule has 1 aromatic carbocycles. The Hall–Kier alpha value is -1.35. The first-order valence-corrected chi connectivity index (χ1v) is 5.96. The molecule has 0 bridgehead atoms. The molecular weight excluding hydrogens is 214 g/mol. The maximum atomic E-state index is 11.3. The molecule has 3 heteroatoms. The number of methoxy groups -OCH3 is 1. The summed E-state index contributed by atoms with van der Waals surface area (Å²) in [6.07, 6.45) is 1.14. The van der Waals surface area contributed by atoms with E-state index >= 15 is 0 Å². The molecular formula is C14H21NO2. The van der Waals surface area contributed by atoms with Crippen LogP contribution in [0.3, 0.4) is 0 Å². The van der Waals surface area contributed by atoms with Gasteiger partial charge < -0.3 is 4.74 Å². The lowest BCUT2D eigenvalue weighted by molar-refractivity contribution is 0.0600. The van der Waals surface area contributed by atoms with Crippen LogP contribution in [0.5, 0.6) is 0 Å². The van der Waals surface area contributed by atoms with Crippen LogP contribution in [0.15, 0.2) is 24.3 Å². The van der Waals surface area contributed by atoms with Gasteiger partial charge in [-0.05, 0) is 38.1 Å². The fourth-order valence-electron chi connectivity index (χ4n) is 1.62. The van der Waals surface area contributed by atoms with E-state index < -0.39 is 0 Å². The van der Waals surface area contributed by atoms with Gasteiger partial charge in [-0.3, -0.25) is 4.90 Å². The van der Waals surface area contributed by atoms with E-state index in [1.807, 2.05) is 24.3 Å². The number of hydrogen-bond acceptors (Lipinski definition) is 3. The fraction of sp³-hybridized carbons (Fsp3) is 0.500. The Morgan fingerprint density at radius 1 is 1.35 bits per heavy atom.